The van der Waals surface area contributed by atoms with Crippen LogP contribution in [0.2, 0.25) is 0 Å². The molecule has 0 spiro atoms. The Morgan fingerprint density at radius 3 is 2.16 bits per heavy atom. The molecule has 1 amide bonds. The van der Waals surface area contributed by atoms with Gasteiger partial charge in [0.15, 0.2) is 11.6 Å². The SMILES string of the molecule is O=C(c1ccc(CS(=O)Cc2ccc(F)c(F)c2)cc1)N1CCCC1. The summed E-state index contributed by atoms with van der Waals surface area (Å²) >= 11 is 0. The first-order chi connectivity index (χ1) is 12.0. The van der Waals surface area contributed by atoms with Crippen molar-refractivity contribution < 1.29 is 17.8 Å². The highest BCUT2D eigenvalue weighted by atomic mass is 32.2. The molecule has 0 N–H and O–H groups in total. The second-order valence-electron chi connectivity index (χ2n) is 6.17. The summed E-state index contributed by atoms with van der Waals surface area (Å²) in [7, 11) is -1.24. The molecule has 0 saturated carbocycles. The maximum absolute atomic E-state index is 13.2. The molecule has 1 fully saturated rings. The van der Waals surface area contributed by atoms with E-state index in [2.05, 4.69) is 0 Å². The Morgan fingerprint density at radius 2 is 1.52 bits per heavy atom. The average Bonchev–Trinajstić information content (AvgIpc) is 3.13. The zero-order valence-electron chi connectivity index (χ0n) is 13.7. The van der Waals surface area contributed by atoms with Crippen LogP contribution in [-0.4, -0.2) is 28.1 Å². The van der Waals surface area contributed by atoms with Gasteiger partial charge in [-0.25, -0.2) is 8.78 Å². The van der Waals surface area contributed by atoms with Gasteiger partial charge < -0.3 is 4.90 Å². The van der Waals surface area contributed by atoms with Crippen molar-refractivity contribution in [3.8, 4) is 0 Å². The molecule has 132 valence electrons. The van der Waals surface area contributed by atoms with E-state index in [9.17, 15) is 17.8 Å². The van der Waals surface area contributed by atoms with Crippen LogP contribution in [-0.2, 0) is 22.3 Å². The number of nitrogens with zero attached hydrogens (tertiary/aromatic N) is 1. The lowest BCUT2D eigenvalue weighted by Gasteiger charge is -2.15. The van der Waals surface area contributed by atoms with Crippen LogP contribution in [0.3, 0.4) is 0 Å². The van der Waals surface area contributed by atoms with Crippen LogP contribution in [0.25, 0.3) is 0 Å². The van der Waals surface area contributed by atoms with Crippen molar-refractivity contribution in [3.63, 3.8) is 0 Å². The second kappa shape index (κ2) is 7.87. The molecule has 6 heteroatoms. The van der Waals surface area contributed by atoms with Gasteiger partial charge in [0.05, 0.1) is 0 Å². The van der Waals surface area contributed by atoms with Gasteiger partial charge in [0.2, 0.25) is 0 Å². The Kier molecular flexibility index (Phi) is 5.58. The van der Waals surface area contributed by atoms with Gasteiger partial charge in [-0.1, -0.05) is 18.2 Å². The topological polar surface area (TPSA) is 37.4 Å². The summed E-state index contributed by atoms with van der Waals surface area (Å²) < 4.78 is 38.3. The van der Waals surface area contributed by atoms with Crippen molar-refractivity contribution in [1.82, 2.24) is 4.90 Å². The van der Waals surface area contributed by atoms with E-state index in [1.807, 2.05) is 4.90 Å². The maximum atomic E-state index is 13.2. The molecule has 0 aromatic heterocycles. The van der Waals surface area contributed by atoms with E-state index in [1.54, 1.807) is 24.3 Å². The normalized spacial score (nSPS) is 15.4. The van der Waals surface area contributed by atoms with Crippen LogP contribution >= 0.6 is 0 Å². The van der Waals surface area contributed by atoms with Gasteiger partial charge in [-0.05, 0) is 48.2 Å². The minimum absolute atomic E-state index is 0.0342. The first kappa shape index (κ1) is 17.7. The summed E-state index contributed by atoms with van der Waals surface area (Å²) in [5.74, 6) is -1.35. The second-order valence-corrected chi connectivity index (χ2v) is 7.63. The third-order valence-electron chi connectivity index (χ3n) is 4.23. The van der Waals surface area contributed by atoms with E-state index in [4.69, 9.17) is 0 Å². The Labute approximate surface area is 148 Å². The van der Waals surface area contributed by atoms with Gasteiger partial charge in [0.25, 0.3) is 5.91 Å². The molecule has 1 saturated heterocycles. The van der Waals surface area contributed by atoms with Crippen LogP contribution in [0.4, 0.5) is 8.78 Å². The van der Waals surface area contributed by atoms with Crippen LogP contribution in [0, 0.1) is 11.6 Å². The number of hydrogen-bond acceptors (Lipinski definition) is 2. The van der Waals surface area contributed by atoms with Crippen LogP contribution in [0.15, 0.2) is 42.5 Å². The number of hydrogen-bond donors (Lipinski definition) is 0. The van der Waals surface area contributed by atoms with E-state index in [1.165, 1.54) is 6.07 Å². The third kappa shape index (κ3) is 4.51. The van der Waals surface area contributed by atoms with Crippen LogP contribution < -0.4 is 0 Å². The monoisotopic (exact) mass is 363 g/mol. The zero-order chi connectivity index (χ0) is 17.8. The van der Waals surface area contributed by atoms with Gasteiger partial charge in [-0.15, -0.1) is 0 Å². The standard InChI is InChI=1S/C19H19F2NO2S/c20-17-8-5-15(11-18(17)21)13-25(24)12-14-3-6-16(7-4-14)19(23)22-9-1-2-10-22/h3-8,11H,1-2,9-10,12-13H2. The molecule has 1 heterocycles. The summed E-state index contributed by atoms with van der Waals surface area (Å²) in [6.45, 7) is 1.61. The molecule has 3 rings (SSSR count). The predicted molar refractivity (Wildman–Crippen MR) is 93.5 cm³/mol. The largest absolute Gasteiger partial charge is 0.339 e. The molecule has 1 aliphatic heterocycles. The number of amides is 1. The molecular formula is C19H19F2NO2S. The quantitative estimate of drug-likeness (QED) is 0.813. The summed E-state index contributed by atoms with van der Waals surface area (Å²) in [5, 5.41) is 0. The molecule has 1 unspecified atom stereocenters. The van der Waals surface area contributed by atoms with Crippen molar-refractivity contribution >= 4 is 16.7 Å². The van der Waals surface area contributed by atoms with Crippen molar-refractivity contribution in [2.24, 2.45) is 0 Å². The molecule has 1 aliphatic rings. The summed E-state index contributed by atoms with van der Waals surface area (Å²) in [4.78, 5) is 14.1. The van der Waals surface area contributed by atoms with Gasteiger partial charge in [0, 0.05) is 41.0 Å². The summed E-state index contributed by atoms with van der Waals surface area (Å²) in [6, 6.07) is 10.7. The number of rotatable bonds is 5. The lowest BCUT2D eigenvalue weighted by Crippen LogP contribution is -2.27. The molecule has 3 nitrogen and oxygen atoms in total. The highest BCUT2D eigenvalue weighted by molar-refractivity contribution is 7.83. The lowest BCUT2D eigenvalue weighted by atomic mass is 10.1. The Balaban J connectivity index is 1.59. The first-order valence-corrected chi connectivity index (χ1v) is 9.69. The summed E-state index contributed by atoms with van der Waals surface area (Å²) in [6.07, 6.45) is 2.10. The molecule has 2 aromatic carbocycles. The van der Waals surface area contributed by atoms with Gasteiger partial charge >= 0.3 is 0 Å². The van der Waals surface area contributed by atoms with Crippen LogP contribution in [0.1, 0.15) is 34.3 Å². The predicted octanol–water partition coefficient (Wildman–Crippen LogP) is 3.65. The Bertz CT molecular complexity index is 787. The zero-order valence-corrected chi connectivity index (χ0v) is 14.5. The molecule has 0 aliphatic carbocycles. The van der Waals surface area contributed by atoms with E-state index in [0.717, 1.165) is 43.6 Å². The molecule has 0 radical (unpaired) electrons. The van der Waals surface area contributed by atoms with Gasteiger partial charge in [0.1, 0.15) is 0 Å². The lowest BCUT2D eigenvalue weighted by molar-refractivity contribution is 0.0793. The first-order valence-electron chi connectivity index (χ1n) is 8.20. The van der Waals surface area contributed by atoms with Crippen molar-refractivity contribution in [2.75, 3.05) is 13.1 Å². The minimum atomic E-state index is -1.24. The van der Waals surface area contributed by atoms with Gasteiger partial charge in [-0.3, -0.25) is 9.00 Å². The number of halogens is 2. The van der Waals surface area contributed by atoms with Gasteiger partial charge in [-0.2, -0.15) is 0 Å². The van der Waals surface area contributed by atoms with Crippen molar-refractivity contribution in [3.05, 3.63) is 70.8 Å². The number of carbonyl (C=O) groups is 1. The van der Waals surface area contributed by atoms with E-state index in [-0.39, 0.29) is 11.7 Å². The highest BCUT2D eigenvalue weighted by Gasteiger charge is 2.19. The number of benzene rings is 2. The third-order valence-corrected chi connectivity index (χ3v) is 5.54. The number of likely N-dealkylation sites (tertiary alicyclic amines) is 1. The van der Waals surface area contributed by atoms with Crippen molar-refractivity contribution in [2.45, 2.75) is 24.3 Å². The molecule has 1 atom stereocenters. The summed E-state index contributed by atoms with van der Waals surface area (Å²) in [5.41, 5.74) is 1.98. The fourth-order valence-electron chi connectivity index (χ4n) is 2.90. The number of carbonyl (C=O) groups excluding carboxylic acids is 1. The smallest absolute Gasteiger partial charge is 0.253 e. The van der Waals surface area contributed by atoms with E-state index < -0.39 is 22.4 Å². The van der Waals surface area contributed by atoms with E-state index >= 15 is 0 Å². The fourth-order valence-corrected chi connectivity index (χ4v) is 4.12. The van der Waals surface area contributed by atoms with E-state index in [0.29, 0.717) is 16.9 Å². The Morgan fingerprint density at radius 1 is 0.920 bits per heavy atom. The molecule has 0 bridgehead atoms. The highest BCUT2D eigenvalue weighted by Crippen LogP contribution is 2.16. The molecule has 2 aromatic rings. The average molecular weight is 363 g/mol. The fraction of sp³-hybridized carbons (Fsp3) is 0.316. The Hall–Kier alpha value is -2.08. The van der Waals surface area contributed by atoms with Crippen molar-refractivity contribution in [1.29, 1.82) is 0 Å². The van der Waals surface area contributed by atoms with Crippen LogP contribution in [0.5, 0.6) is 0 Å². The minimum Gasteiger partial charge on any atom is -0.339 e. The molecule has 25 heavy (non-hydrogen) atoms. The molecular weight excluding hydrogens is 344 g/mol. The maximum Gasteiger partial charge on any atom is 0.253 e.